The summed E-state index contributed by atoms with van der Waals surface area (Å²) in [6.07, 6.45) is 3.85. The first-order valence-electron chi connectivity index (χ1n) is 8.89. The van der Waals surface area contributed by atoms with Gasteiger partial charge in [-0.15, -0.1) is 0 Å². The number of halogens is 1. The van der Waals surface area contributed by atoms with Gasteiger partial charge in [-0.05, 0) is 67.1 Å². The molecular formula is C20H19FN2O4. The van der Waals surface area contributed by atoms with Crippen LogP contribution in [0.2, 0.25) is 0 Å². The van der Waals surface area contributed by atoms with Gasteiger partial charge in [0.05, 0.1) is 17.7 Å². The molecule has 1 heterocycles. The number of carbonyl (C=O) groups is 2. The lowest BCUT2D eigenvalue weighted by atomic mass is 9.92. The number of carboxylic acids is 1. The number of nitrogens with one attached hydrogen (secondary N) is 2. The van der Waals surface area contributed by atoms with Crippen molar-refractivity contribution in [2.75, 3.05) is 0 Å². The summed E-state index contributed by atoms with van der Waals surface area (Å²) in [5.41, 5.74) is 7.17. The number of carbonyl (C=O) groups excluding carboxylic acids is 1. The number of aromatic carboxylic acids is 1. The quantitative estimate of drug-likeness (QED) is 0.753. The van der Waals surface area contributed by atoms with Crippen LogP contribution in [0.5, 0.6) is 5.75 Å². The molecule has 27 heavy (non-hydrogen) atoms. The number of hydrazine groups is 1. The van der Waals surface area contributed by atoms with E-state index in [-0.39, 0.29) is 23.6 Å². The van der Waals surface area contributed by atoms with Crippen LogP contribution in [-0.4, -0.2) is 23.1 Å². The first-order chi connectivity index (χ1) is 13.0. The summed E-state index contributed by atoms with van der Waals surface area (Å²) in [5.74, 6) is -1.60. The van der Waals surface area contributed by atoms with Gasteiger partial charge in [0.15, 0.2) is 0 Å². The lowest BCUT2D eigenvalue weighted by Gasteiger charge is -2.30. The van der Waals surface area contributed by atoms with E-state index in [2.05, 4.69) is 10.9 Å². The molecule has 1 fully saturated rings. The Bertz CT molecular complexity index is 911. The number of hydrogen-bond acceptors (Lipinski definition) is 4. The minimum Gasteiger partial charge on any atom is -0.490 e. The number of hydrogen-bond donors (Lipinski definition) is 3. The van der Waals surface area contributed by atoms with Crippen molar-refractivity contribution in [1.82, 2.24) is 10.9 Å². The molecule has 1 aliphatic heterocycles. The van der Waals surface area contributed by atoms with Crippen molar-refractivity contribution in [3.05, 3.63) is 64.5 Å². The molecule has 6 nitrogen and oxygen atoms in total. The lowest BCUT2D eigenvalue weighted by Crippen LogP contribution is -2.46. The van der Waals surface area contributed by atoms with Gasteiger partial charge in [-0.2, -0.15) is 0 Å². The normalized spacial score (nSPS) is 19.0. The van der Waals surface area contributed by atoms with Gasteiger partial charge in [-0.3, -0.25) is 10.2 Å². The SMILES string of the molecule is O=C(O)c1cc(CC2NNC(=O)c3ccc(OC4CCC4)cc32)ccc1F. The third-order valence-electron chi connectivity index (χ3n) is 5.06. The van der Waals surface area contributed by atoms with E-state index in [1.807, 2.05) is 6.07 Å². The van der Waals surface area contributed by atoms with Crippen molar-refractivity contribution in [3.63, 3.8) is 0 Å². The van der Waals surface area contributed by atoms with Gasteiger partial charge in [-0.25, -0.2) is 14.6 Å². The van der Waals surface area contributed by atoms with Crippen LogP contribution >= 0.6 is 0 Å². The van der Waals surface area contributed by atoms with Crippen molar-refractivity contribution in [2.45, 2.75) is 37.8 Å². The second kappa shape index (κ2) is 7.00. The molecule has 2 aromatic rings. The zero-order valence-corrected chi connectivity index (χ0v) is 14.5. The highest BCUT2D eigenvalue weighted by atomic mass is 19.1. The molecule has 0 saturated heterocycles. The lowest BCUT2D eigenvalue weighted by molar-refractivity contribution is 0.0691. The summed E-state index contributed by atoms with van der Waals surface area (Å²) in [5, 5.41) is 9.11. The zero-order valence-electron chi connectivity index (χ0n) is 14.5. The molecule has 3 N–H and O–H groups in total. The predicted molar refractivity (Wildman–Crippen MR) is 95.1 cm³/mol. The summed E-state index contributed by atoms with van der Waals surface area (Å²) in [6.45, 7) is 0. The Hall–Kier alpha value is -2.93. The summed E-state index contributed by atoms with van der Waals surface area (Å²) in [6, 6.07) is 9.12. The maximum absolute atomic E-state index is 13.6. The highest BCUT2D eigenvalue weighted by Crippen LogP contribution is 2.31. The minimum atomic E-state index is -1.31. The fourth-order valence-electron chi connectivity index (χ4n) is 3.35. The van der Waals surface area contributed by atoms with Gasteiger partial charge in [0, 0.05) is 5.56 Å². The van der Waals surface area contributed by atoms with Gasteiger partial charge in [0.2, 0.25) is 0 Å². The monoisotopic (exact) mass is 370 g/mol. The van der Waals surface area contributed by atoms with Crippen LogP contribution in [0, 0.1) is 5.82 Å². The van der Waals surface area contributed by atoms with Gasteiger partial charge in [-0.1, -0.05) is 6.07 Å². The predicted octanol–water partition coefficient (Wildman–Crippen LogP) is 2.99. The van der Waals surface area contributed by atoms with Crippen LogP contribution in [0.15, 0.2) is 36.4 Å². The van der Waals surface area contributed by atoms with E-state index in [0.29, 0.717) is 23.3 Å². The highest BCUT2D eigenvalue weighted by Gasteiger charge is 2.27. The van der Waals surface area contributed by atoms with E-state index >= 15 is 0 Å². The van der Waals surface area contributed by atoms with Gasteiger partial charge in [0.25, 0.3) is 5.91 Å². The number of carboxylic acid groups (broad SMARTS) is 1. The van der Waals surface area contributed by atoms with Crippen LogP contribution in [0.4, 0.5) is 4.39 Å². The molecule has 7 heteroatoms. The van der Waals surface area contributed by atoms with Gasteiger partial charge < -0.3 is 9.84 Å². The second-order valence-electron chi connectivity index (χ2n) is 6.89. The Morgan fingerprint density at radius 1 is 1.22 bits per heavy atom. The summed E-state index contributed by atoms with van der Waals surface area (Å²) >= 11 is 0. The van der Waals surface area contributed by atoms with E-state index in [4.69, 9.17) is 9.84 Å². The molecule has 0 radical (unpaired) electrons. The van der Waals surface area contributed by atoms with E-state index in [1.165, 1.54) is 12.5 Å². The summed E-state index contributed by atoms with van der Waals surface area (Å²) < 4.78 is 19.6. The van der Waals surface area contributed by atoms with Crippen molar-refractivity contribution < 1.29 is 23.8 Å². The molecular weight excluding hydrogens is 351 g/mol. The third kappa shape index (κ3) is 3.50. The average Bonchev–Trinajstić information content (AvgIpc) is 2.62. The van der Waals surface area contributed by atoms with E-state index < -0.39 is 11.8 Å². The smallest absolute Gasteiger partial charge is 0.338 e. The Labute approximate surface area is 155 Å². The van der Waals surface area contributed by atoms with Gasteiger partial charge in [0.1, 0.15) is 11.6 Å². The van der Waals surface area contributed by atoms with Gasteiger partial charge >= 0.3 is 5.97 Å². The molecule has 1 unspecified atom stereocenters. The summed E-state index contributed by atoms with van der Waals surface area (Å²) in [7, 11) is 0. The molecule has 2 aromatic carbocycles. The molecule has 0 bridgehead atoms. The Balaban J connectivity index is 1.62. The first kappa shape index (κ1) is 17.5. The van der Waals surface area contributed by atoms with Crippen molar-refractivity contribution in [3.8, 4) is 5.75 Å². The molecule has 1 amide bonds. The first-order valence-corrected chi connectivity index (χ1v) is 8.89. The van der Waals surface area contributed by atoms with Crippen LogP contribution in [0.1, 0.15) is 57.1 Å². The fraction of sp³-hybridized carbons (Fsp3) is 0.300. The van der Waals surface area contributed by atoms with Crippen LogP contribution < -0.4 is 15.6 Å². The van der Waals surface area contributed by atoms with Crippen molar-refractivity contribution in [1.29, 1.82) is 0 Å². The molecule has 4 rings (SSSR count). The fourth-order valence-corrected chi connectivity index (χ4v) is 3.35. The number of amides is 1. The van der Waals surface area contributed by atoms with Crippen molar-refractivity contribution >= 4 is 11.9 Å². The molecule has 140 valence electrons. The molecule has 1 saturated carbocycles. The zero-order chi connectivity index (χ0) is 19.0. The van der Waals surface area contributed by atoms with E-state index in [1.54, 1.807) is 18.2 Å². The minimum absolute atomic E-state index is 0.224. The third-order valence-corrected chi connectivity index (χ3v) is 5.06. The Morgan fingerprint density at radius 3 is 2.74 bits per heavy atom. The average molecular weight is 370 g/mol. The van der Waals surface area contributed by atoms with Crippen LogP contribution in [0.25, 0.3) is 0 Å². The molecule has 1 atom stereocenters. The number of rotatable bonds is 5. The second-order valence-corrected chi connectivity index (χ2v) is 6.89. The van der Waals surface area contributed by atoms with E-state index in [0.717, 1.165) is 24.5 Å². The topological polar surface area (TPSA) is 87.7 Å². The largest absolute Gasteiger partial charge is 0.490 e. The highest BCUT2D eigenvalue weighted by molar-refractivity contribution is 5.96. The summed E-state index contributed by atoms with van der Waals surface area (Å²) in [4.78, 5) is 23.3. The van der Waals surface area contributed by atoms with Crippen LogP contribution in [-0.2, 0) is 6.42 Å². The van der Waals surface area contributed by atoms with E-state index in [9.17, 15) is 14.0 Å². The maximum Gasteiger partial charge on any atom is 0.338 e. The Kier molecular flexibility index (Phi) is 4.53. The number of benzene rings is 2. The molecule has 0 spiro atoms. The number of ether oxygens (including phenoxy) is 1. The molecule has 1 aliphatic carbocycles. The maximum atomic E-state index is 13.6. The van der Waals surface area contributed by atoms with Crippen molar-refractivity contribution in [2.24, 2.45) is 0 Å². The standard InChI is InChI=1S/C20H19FN2O4/c21-17-7-4-11(8-16(17)20(25)26)9-18-15-10-13(27-12-2-1-3-12)5-6-14(15)19(24)23-22-18/h4-8,10,12,18,22H,1-3,9H2,(H,23,24)(H,25,26). The number of fused-ring (bicyclic) bond motifs is 1. The molecule has 0 aromatic heterocycles. The molecule has 2 aliphatic rings. The van der Waals surface area contributed by atoms with Crippen LogP contribution in [0.3, 0.4) is 0 Å². The Morgan fingerprint density at radius 2 is 2.04 bits per heavy atom.